The first-order chi connectivity index (χ1) is 16.4. The number of aryl methyl sites for hydroxylation is 1. The standard InChI is InChI=1S/C24H33N7O3/c1-16-18(3-4-20-21(16)14-34-24(20)33)7-8-29-9-11-30(12-10-29)13-22(32)19-5-6-23(28-17(19)2)31(26)15-27-25/h3-6,15,22,32H,7-14,25-26H2,1-2H3/b27-15-. The average molecular weight is 468 g/mol. The molecule has 3 heterocycles. The van der Waals surface area contributed by atoms with Gasteiger partial charge in [-0.05, 0) is 43.5 Å². The fourth-order valence-corrected chi connectivity index (χ4v) is 4.67. The number of fused-ring (bicyclic) bond motifs is 1. The number of hydrogen-bond donors (Lipinski definition) is 3. The summed E-state index contributed by atoms with van der Waals surface area (Å²) < 4.78 is 5.17. The quantitative estimate of drug-likeness (QED) is 0.170. The van der Waals surface area contributed by atoms with Crippen molar-refractivity contribution >= 4 is 18.1 Å². The molecule has 0 saturated carbocycles. The molecule has 0 aliphatic carbocycles. The molecule has 34 heavy (non-hydrogen) atoms. The number of cyclic esters (lactones) is 1. The first-order valence-corrected chi connectivity index (χ1v) is 11.5. The number of carbonyl (C=O) groups is 1. The van der Waals surface area contributed by atoms with Crippen LogP contribution in [0.5, 0.6) is 0 Å². The van der Waals surface area contributed by atoms with Crippen molar-refractivity contribution in [3.8, 4) is 0 Å². The third kappa shape index (κ3) is 5.20. The number of hydrazine groups is 1. The van der Waals surface area contributed by atoms with E-state index in [-0.39, 0.29) is 5.97 Å². The second-order valence-electron chi connectivity index (χ2n) is 8.88. The summed E-state index contributed by atoms with van der Waals surface area (Å²) in [4.78, 5) is 20.9. The SMILES string of the molecule is Cc1nc(N(N)/C=N\N)ccc1C(O)CN1CCN(CCc2ccc3c(c2C)COC3=O)CC1. The van der Waals surface area contributed by atoms with Crippen molar-refractivity contribution in [2.45, 2.75) is 33.0 Å². The Morgan fingerprint density at radius 2 is 1.94 bits per heavy atom. The van der Waals surface area contributed by atoms with E-state index in [1.807, 2.05) is 19.1 Å². The van der Waals surface area contributed by atoms with E-state index in [4.69, 9.17) is 16.4 Å². The lowest BCUT2D eigenvalue weighted by molar-refractivity contribution is 0.0534. The number of ether oxygens (including phenoxy) is 1. The number of aromatic nitrogens is 1. The minimum absolute atomic E-state index is 0.215. The lowest BCUT2D eigenvalue weighted by atomic mass is 9.96. The summed E-state index contributed by atoms with van der Waals surface area (Å²) in [6, 6.07) is 7.54. The average Bonchev–Trinajstić information content (AvgIpc) is 3.21. The smallest absolute Gasteiger partial charge is 0.338 e. The van der Waals surface area contributed by atoms with Crippen molar-refractivity contribution in [1.82, 2.24) is 14.8 Å². The predicted molar refractivity (Wildman–Crippen MR) is 130 cm³/mol. The van der Waals surface area contributed by atoms with E-state index in [0.29, 0.717) is 24.5 Å². The molecule has 4 rings (SSSR count). The Labute approximate surface area is 199 Å². The van der Waals surface area contributed by atoms with Crippen LogP contribution in [0, 0.1) is 13.8 Å². The molecule has 0 amide bonds. The van der Waals surface area contributed by atoms with Gasteiger partial charge in [-0.3, -0.25) is 4.90 Å². The Morgan fingerprint density at radius 3 is 2.65 bits per heavy atom. The number of anilines is 1. The number of piperazine rings is 1. The molecule has 2 aliphatic heterocycles. The maximum Gasteiger partial charge on any atom is 0.338 e. The number of hydrogen-bond acceptors (Lipinski definition) is 9. The molecule has 1 atom stereocenters. The molecule has 10 heteroatoms. The van der Waals surface area contributed by atoms with Gasteiger partial charge in [0.2, 0.25) is 0 Å². The van der Waals surface area contributed by atoms with Gasteiger partial charge in [0, 0.05) is 56.1 Å². The van der Waals surface area contributed by atoms with Gasteiger partial charge in [-0.15, -0.1) is 0 Å². The van der Waals surface area contributed by atoms with Gasteiger partial charge in [-0.1, -0.05) is 12.1 Å². The molecule has 2 aliphatic rings. The summed E-state index contributed by atoms with van der Waals surface area (Å²) in [6.45, 7) is 9.56. The van der Waals surface area contributed by atoms with Crippen LogP contribution in [-0.2, 0) is 17.8 Å². The highest BCUT2D eigenvalue weighted by atomic mass is 16.5. The first-order valence-electron chi connectivity index (χ1n) is 11.5. The van der Waals surface area contributed by atoms with E-state index in [1.165, 1.54) is 22.5 Å². The van der Waals surface area contributed by atoms with Gasteiger partial charge in [-0.25, -0.2) is 20.6 Å². The molecule has 182 valence electrons. The Hall–Kier alpha value is -3.05. The molecule has 1 fully saturated rings. The number of pyridine rings is 1. The zero-order chi connectivity index (χ0) is 24.2. The molecule has 1 unspecified atom stereocenters. The van der Waals surface area contributed by atoms with Crippen molar-refractivity contribution in [1.29, 1.82) is 0 Å². The number of rotatable bonds is 8. The number of β-amino-alcohol motifs (C(OH)–C–C–N with tert-alkyl or cyclic N) is 1. The number of esters is 1. The maximum absolute atomic E-state index is 11.7. The number of carbonyl (C=O) groups excluding carboxylic acids is 1. The van der Waals surface area contributed by atoms with Crippen LogP contribution in [0.2, 0.25) is 0 Å². The van der Waals surface area contributed by atoms with Gasteiger partial charge in [0.15, 0.2) is 0 Å². The number of aliphatic hydroxyl groups excluding tert-OH is 1. The minimum atomic E-state index is -0.624. The Morgan fingerprint density at radius 1 is 1.21 bits per heavy atom. The van der Waals surface area contributed by atoms with E-state index in [2.05, 4.69) is 32.9 Å². The molecule has 10 nitrogen and oxygen atoms in total. The maximum atomic E-state index is 11.7. The molecular weight excluding hydrogens is 434 g/mol. The number of hydrazone groups is 1. The molecule has 0 spiro atoms. The summed E-state index contributed by atoms with van der Waals surface area (Å²) in [5, 5.41) is 15.4. The lowest BCUT2D eigenvalue weighted by Crippen LogP contribution is -2.48. The van der Waals surface area contributed by atoms with E-state index in [0.717, 1.165) is 56.0 Å². The lowest BCUT2D eigenvalue weighted by Gasteiger charge is -2.36. The summed E-state index contributed by atoms with van der Waals surface area (Å²) in [7, 11) is 0. The highest BCUT2D eigenvalue weighted by Gasteiger charge is 2.25. The monoisotopic (exact) mass is 467 g/mol. The van der Waals surface area contributed by atoms with Crippen LogP contribution in [0.4, 0.5) is 5.82 Å². The summed E-state index contributed by atoms with van der Waals surface area (Å²) in [5.41, 5.74) is 5.70. The predicted octanol–water partition coefficient (Wildman–Crippen LogP) is 0.845. The van der Waals surface area contributed by atoms with Gasteiger partial charge in [0.25, 0.3) is 0 Å². The van der Waals surface area contributed by atoms with Gasteiger partial charge >= 0.3 is 5.97 Å². The summed E-state index contributed by atoms with van der Waals surface area (Å²) >= 11 is 0. The summed E-state index contributed by atoms with van der Waals surface area (Å²) in [6.07, 6.45) is 1.60. The van der Waals surface area contributed by atoms with Gasteiger partial charge in [0.1, 0.15) is 18.8 Å². The molecule has 2 aromatic rings. The zero-order valence-electron chi connectivity index (χ0n) is 19.8. The van der Waals surface area contributed by atoms with Crippen LogP contribution < -0.4 is 16.7 Å². The van der Waals surface area contributed by atoms with E-state index in [1.54, 1.807) is 6.07 Å². The van der Waals surface area contributed by atoms with E-state index in [9.17, 15) is 9.90 Å². The van der Waals surface area contributed by atoms with E-state index >= 15 is 0 Å². The van der Waals surface area contributed by atoms with Gasteiger partial charge in [0.05, 0.1) is 11.7 Å². The number of benzene rings is 1. The molecule has 0 radical (unpaired) electrons. The van der Waals surface area contributed by atoms with Crippen LogP contribution in [0.3, 0.4) is 0 Å². The normalized spacial score (nSPS) is 17.7. The van der Waals surface area contributed by atoms with Crippen LogP contribution in [0.15, 0.2) is 29.4 Å². The fourth-order valence-electron chi connectivity index (χ4n) is 4.67. The third-order valence-electron chi connectivity index (χ3n) is 6.80. The molecule has 5 N–H and O–H groups in total. The fraction of sp³-hybridized carbons (Fsp3) is 0.458. The van der Waals surface area contributed by atoms with Crippen molar-refractivity contribution in [2.75, 3.05) is 44.3 Å². The second kappa shape index (κ2) is 10.5. The van der Waals surface area contributed by atoms with Crippen molar-refractivity contribution in [2.24, 2.45) is 16.8 Å². The number of aliphatic hydroxyl groups is 1. The van der Waals surface area contributed by atoms with E-state index < -0.39 is 6.10 Å². The molecule has 1 saturated heterocycles. The second-order valence-corrected chi connectivity index (χ2v) is 8.88. The van der Waals surface area contributed by atoms with Crippen LogP contribution in [0.1, 0.15) is 44.4 Å². The van der Waals surface area contributed by atoms with Crippen LogP contribution in [0.25, 0.3) is 0 Å². The topological polar surface area (TPSA) is 134 Å². The zero-order valence-corrected chi connectivity index (χ0v) is 19.8. The Kier molecular flexibility index (Phi) is 7.42. The highest BCUT2D eigenvalue weighted by Crippen LogP contribution is 2.26. The molecule has 1 aromatic carbocycles. The minimum Gasteiger partial charge on any atom is -0.457 e. The van der Waals surface area contributed by atoms with Crippen LogP contribution >= 0.6 is 0 Å². The highest BCUT2D eigenvalue weighted by molar-refractivity contribution is 5.93. The van der Waals surface area contributed by atoms with Crippen molar-refractivity contribution in [3.05, 3.63) is 57.8 Å². The number of nitrogens with two attached hydrogens (primary N) is 2. The largest absolute Gasteiger partial charge is 0.457 e. The van der Waals surface area contributed by atoms with Gasteiger partial charge in [-0.2, -0.15) is 5.10 Å². The Bertz CT molecular complexity index is 1070. The third-order valence-corrected chi connectivity index (χ3v) is 6.80. The molecular formula is C24H33N7O3. The molecule has 0 bridgehead atoms. The first kappa shape index (κ1) is 24.1. The van der Waals surface area contributed by atoms with Crippen molar-refractivity contribution < 1.29 is 14.6 Å². The van der Waals surface area contributed by atoms with Gasteiger partial charge < -0.3 is 20.6 Å². The van der Waals surface area contributed by atoms with Crippen molar-refractivity contribution in [3.63, 3.8) is 0 Å². The Balaban J connectivity index is 1.26. The summed E-state index contributed by atoms with van der Waals surface area (Å²) in [5.74, 6) is 11.2. The molecule has 1 aromatic heterocycles. The number of nitrogens with zero attached hydrogens (tertiary/aromatic N) is 5. The van der Waals surface area contributed by atoms with Crippen LogP contribution in [-0.4, -0.2) is 71.5 Å².